The zero-order chi connectivity index (χ0) is 24.9. The molecule has 0 radical (unpaired) electrons. The molecule has 0 aliphatic carbocycles. The largest absolute Gasteiger partial charge is 0.337 e. The van der Waals surface area contributed by atoms with Gasteiger partial charge < -0.3 is 4.90 Å². The SMILES string of the molecule is CC(=O)c1cccc(-n2c(=O)c3c4c(sc3n(Cc3ccccc3C)c2=O)CN(C(C)=O)CC4)c1. The number of rotatable bonds is 4. The van der Waals surface area contributed by atoms with Gasteiger partial charge in [-0.2, -0.15) is 0 Å². The second-order valence-electron chi connectivity index (χ2n) is 8.92. The molecule has 0 atom stereocenters. The van der Waals surface area contributed by atoms with Crippen LogP contribution in [0.3, 0.4) is 0 Å². The molecule has 2 aromatic carbocycles. The maximum absolute atomic E-state index is 13.9. The van der Waals surface area contributed by atoms with Gasteiger partial charge in [0.2, 0.25) is 5.91 Å². The van der Waals surface area contributed by atoms with Crippen LogP contribution in [-0.2, 0) is 24.3 Å². The smallest absolute Gasteiger partial charge is 0.337 e. The van der Waals surface area contributed by atoms with Crippen LogP contribution in [0.5, 0.6) is 0 Å². The third-order valence-electron chi connectivity index (χ3n) is 6.67. The minimum Gasteiger partial charge on any atom is -0.337 e. The summed E-state index contributed by atoms with van der Waals surface area (Å²) in [5.74, 6) is -0.151. The number of aromatic nitrogens is 2. The Morgan fingerprint density at radius 2 is 1.80 bits per heavy atom. The highest BCUT2D eigenvalue weighted by atomic mass is 32.1. The molecule has 5 rings (SSSR count). The molecule has 4 aromatic rings. The van der Waals surface area contributed by atoms with E-state index in [9.17, 15) is 19.2 Å². The first-order valence-electron chi connectivity index (χ1n) is 11.5. The number of nitrogens with zero attached hydrogens (tertiary/aromatic N) is 3. The number of amides is 1. The average molecular weight is 488 g/mol. The van der Waals surface area contributed by atoms with Gasteiger partial charge in [0.1, 0.15) is 4.83 Å². The summed E-state index contributed by atoms with van der Waals surface area (Å²) in [7, 11) is 0. The van der Waals surface area contributed by atoms with Crippen LogP contribution in [0, 0.1) is 6.92 Å². The van der Waals surface area contributed by atoms with Crippen molar-refractivity contribution in [2.75, 3.05) is 6.54 Å². The lowest BCUT2D eigenvalue weighted by atomic mass is 10.0. The maximum Gasteiger partial charge on any atom is 0.337 e. The first kappa shape index (κ1) is 23.0. The Hall–Kier alpha value is -3.78. The molecule has 1 amide bonds. The van der Waals surface area contributed by atoms with Crippen LogP contribution in [0.4, 0.5) is 0 Å². The number of hydrogen-bond donors (Lipinski definition) is 0. The number of fused-ring (bicyclic) bond motifs is 3. The fourth-order valence-electron chi connectivity index (χ4n) is 4.66. The number of ketones is 1. The predicted octanol–water partition coefficient (Wildman–Crippen LogP) is 3.68. The zero-order valence-electron chi connectivity index (χ0n) is 19.8. The van der Waals surface area contributed by atoms with Gasteiger partial charge in [-0.3, -0.25) is 19.0 Å². The van der Waals surface area contributed by atoms with Crippen molar-refractivity contribution in [1.82, 2.24) is 14.0 Å². The van der Waals surface area contributed by atoms with Crippen molar-refractivity contribution in [2.24, 2.45) is 0 Å². The summed E-state index contributed by atoms with van der Waals surface area (Å²) in [6, 6.07) is 14.5. The number of hydrogen-bond acceptors (Lipinski definition) is 5. The molecule has 3 heterocycles. The molecular formula is C27H25N3O4S. The number of benzene rings is 2. The first-order chi connectivity index (χ1) is 16.8. The minimum absolute atomic E-state index is 0.0103. The van der Waals surface area contributed by atoms with Crippen LogP contribution >= 0.6 is 11.3 Å². The van der Waals surface area contributed by atoms with E-state index in [4.69, 9.17) is 0 Å². The lowest BCUT2D eigenvalue weighted by molar-refractivity contribution is -0.129. The molecule has 0 N–H and O–H groups in total. The van der Waals surface area contributed by atoms with E-state index in [0.29, 0.717) is 47.5 Å². The molecule has 35 heavy (non-hydrogen) atoms. The highest BCUT2D eigenvalue weighted by Gasteiger charge is 2.27. The highest BCUT2D eigenvalue weighted by molar-refractivity contribution is 7.18. The summed E-state index contributed by atoms with van der Waals surface area (Å²) in [5.41, 5.74) is 2.90. The zero-order valence-corrected chi connectivity index (χ0v) is 20.6. The summed E-state index contributed by atoms with van der Waals surface area (Å²) >= 11 is 1.41. The van der Waals surface area contributed by atoms with E-state index >= 15 is 0 Å². The Balaban J connectivity index is 1.82. The average Bonchev–Trinajstić information content (AvgIpc) is 3.22. The quantitative estimate of drug-likeness (QED) is 0.411. The number of thiophene rings is 1. The van der Waals surface area contributed by atoms with Gasteiger partial charge in [0, 0.05) is 23.9 Å². The van der Waals surface area contributed by atoms with Crippen molar-refractivity contribution >= 4 is 33.2 Å². The van der Waals surface area contributed by atoms with Crippen LogP contribution in [0.1, 0.15) is 45.8 Å². The predicted molar refractivity (Wildman–Crippen MR) is 137 cm³/mol. The standard InChI is InChI=1S/C27H25N3O4S/c1-16-7-4-5-8-20(16)14-29-26-24(22-11-12-28(18(3)32)15-23(22)35-26)25(33)30(27(29)34)21-10-6-9-19(13-21)17(2)31/h4-10,13H,11-12,14-15H2,1-3H3. The van der Waals surface area contributed by atoms with Gasteiger partial charge in [-0.25, -0.2) is 9.36 Å². The second-order valence-corrected chi connectivity index (χ2v) is 10.0. The Kier molecular flexibility index (Phi) is 5.76. The topological polar surface area (TPSA) is 81.4 Å². The maximum atomic E-state index is 13.9. The van der Waals surface area contributed by atoms with E-state index in [1.54, 1.807) is 40.7 Å². The summed E-state index contributed by atoms with van der Waals surface area (Å²) in [5, 5.41) is 0.523. The molecular weight excluding hydrogens is 462 g/mol. The van der Waals surface area contributed by atoms with Crippen LogP contribution in [0.2, 0.25) is 0 Å². The Morgan fingerprint density at radius 1 is 1.03 bits per heavy atom. The third-order valence-corrected chi connectivity index (χ3v) is 7.91. The Morgan fingerprint density at radius 3 is 2.51 bits per heavy atom. The van der Waals surface area contributed by atoms with E-state index in [0.717, 1.165) is 21.6 Å². The molecule has 7 nitrogen and oxygen atoms in total. The van der Waals surface area contributed by atoms with Crippen molar-refractivity contribution in [1.29, 1.82) is 0 Å². The molecule has 0 saturated carbocycles. The van der Waals surface area contributed by atoms with E-state index in [2.05, 4.69) is 0 Å². The van der Waals surface area contributed by atoms with Gasteiger partial charge in [-0.15, -0.1) is 11.3 Å². The molecule has 178 valence electrons. The summed E-state index contributed by atoms with van der Waals surface area (Å²) < 4.78 is 2.83. The fourth-order valence-corrected chi connectivity index (χ4v) is 6.01. The second kappa shape index (κ2) is 8.78. The molecule has 0 spiro atoms. The molecule has 0 fully saturated rings. The highest BCUT2D eigenvalue weighted by Crippen LogP contribution is 2.33. The van der Waals surface area contributed by atoms with Crippen LogP contribution in [0.15, 0.2) is 58.1 Å². The molecule has 1 aliphatic heterocycles. The monoisotopic (exact) mass is 487 g/mol. The van der Waals surface area contributed by atoms with E-state index in [1.165, 1.54) is 22.8 Å². The molecule has 0 unspecified atom stereocenters. The minimum atomic E-state index is -0.450. The number of carbonyl (C=O) groups excluding carboxylic acids is 2. The van der Waals surface area contributed by atoms with Gasteiger partial charge in [-0.05, 0) is 49.1 Å². The third kappa shape index (κ3) is 3.93. The van der Waals surface area contributed by atoms with Gasteiger partial charge in [0.25, 0.3) is 5.56 Å². The van der Waals surface area contributed by atoms with Gasteiger partial charge in [-0.1, -0.05) is 36.4 Å². The lowest BCUT2D eigenvalue weighted by Crippen LogP contribution is -2.39. The number of carbonyl (C=O) groups is 2. The van der Waals surface area contributed by atoms with E-state index in [1.807, 2.05) is 31.2 Å². The normalized spacial score (nSPS) is 13.2. The summed E-state index contributed by atoms with van der Waals surface area (Å²) in [6.07, 6.45) is 0.556. The summed E-state index contributed by atoms with van der Waals surface area (Å²) in [6.45, 7) is 6.27. The molecule has 0 bridgehead atoms. The molecule has 0 saturated heterocycles. The Bertz CT molecular complexity index is 1630. The molecule has 1 aliphatic rings. The number of Topliss-reactive ketones (excluding diaryl/α,β-unsaturated/α-hetero) is 1. The van der Waals surface area contributed by atoms with Crippen molar-refractivity contribution in [2.45, 2.75) is 40.3 Å². The van der Waals surface area contributed by atoms with E-state index in [-0.39, 0.29) is 17.2 Å². The van der Waals surface area contributed by atoms with E-state index < -0.39 is 5.69 Å². The van der Waals surface area contributed by atoms with Crippen LogP contribution in [-0.4, -0.2) is 32.3 Å². The van der Waals surface area contributed by atoms with Gasteiger partial charge in [0.05, 0.1) is 24.2 Å². The first-order valence-corrected chi connectivity index (χ1v) is 12.3. The van der Waals surface area contributed by atoms with Crippen molar-refractivity contribution < 1.29 is 9.59 Å². The van der Waals surface area contributed by atoms with Gasteiger partial charge >= 0.3 is 5.69 Å². The van der Waals surface area contributed by atoms with Crippen molar-refractivity contribution in [3.05, 3.63) is 96.5 Å². The van der Waals surface area contributed by atoms with Gasteiger partial charge in [0.15, 0.2) is 5.78 Å². The molecule has 8 heteroatoms. The molecule has 2 aromatic heterocycles. The van der Waals surface area contributed by atoms with Crippen LogP contribution < -0.4 is 11.2 Å². The fraction of sp³-hybridized carbons (Fsp3) is 0.259. The van der Waals surface area contributed by atoms with Crippen LogP contribution in [0.25, 0.3) is 15.9 Å². The van der Waals surface area contributed by atoms with Crippen molar-refractivity contribution in [3.8, 4) is 5.69 Å². The summed E-state index contributed by atoms with van der Waals surface area (Å²) in [4.78, 5) is 55.0. The Labute approximate surface area is 205 Å². The number of aryl methyl sites for hydroxylation is 1. The lowest BCUT2D eigenvalue weighted by Gasteiger charge is -2.25. The van der Waals surface area contributed by atoms with Crippen molar-refractivity contribution in [3.63, 3.8) is 0 Å².